The molecule has 78 valence electrons. The standard InChI is InChI=1S/C12H16BrCl/c1-2-3-4-5-10-6-7-11(9-14)12(13)8-10/h6-8H,2-5,9H2,1H3. The minimum atomic E-state index is 0.579. The predicted molar refractivity (Wildman–Crippen MR) is 66.9 cm³/mol. The highest BCUT2D eigenvalue weighted by Crippen LogP contribution is 2.21. The third-order valence-corrected chi connectivity index (χ3v) is 3.36. The van der Waals surface area contributed by atoms with Gasteiger partial charge >= 0.3 is 0 Å². The van der Waals surface area contributed by atoms with Crippen molar-refractivity contribution >= 4 is 27.5 Å². The average Bonchev–Trinajstić information content (AvgIpc) is 2.18. The lowest BCUT2D eigenvalue weighted by molar-refractivity contribution is 0.717. The quantitative estimate of drug-likeness (QED) is 0.528. The molecule has 0 saturated carbocycles. The van der Waals surface area contributed by atoms with E-state index < -0.39 is 0 Å². The first-order valence-electron chi connectivity index (χ1n) is 5.11. The highest BCUT2D eigenvalue weighted by Gasteiger charge is 2.00. The molecule has 0 atom stereocenters. The van der Waals surface area contributed by atoms with Gasteiger partial charge in [0.1, 0.15) is 0 Å². The number of hydrogen-bond acceptors (Lipinski definition) is 0. The Morgan fingerprint density at radius 2 is 2.07 bits per heavy atom. The Morgan fingerprint density at radius 3 is 2.64 bits per heavy atom. The highest BCUT2D eigenvalue weighted by atomic mass is 79.9. The van der Waals surface area contributed by atoms with E-state index in [9.17, 15) is 0 Å². The topological polar surface area (TPSA) is 0 Å². The molecule has 0 fully saturated rings. The van der Waals surface area contributed by atoms with Crippen LogP contribution in [0.3, 0.4) is 0 Å². The fraction of sp³-hybridized carbons (Fsp3) is 0.500. The van der Waals surface area contributed by atoms with Crippen molar-refractivity contribution in [2.75, 3.05) is 0 Å². The van der Waals surface area contributed by atoms with Crippen LogP contribution in [0.2, 0.25) is 0 Å². The van der Waals surface area contributed by atoms with Crippen LogP contribution in [0.5, 0.6) is 0 Å². The van der Waals surface area contributed by atoms with Crippen LogP contribution in [0.25, 0.3) is 0 Å². The summed E-state index contributed by atoms with van der Waals surface area (Å²) >= 11 is 9.31. The molecule has 0 amide bonds. The first kappa shape index (κ1) is 12.1. The molecule has 1 rings (SSSR count). The van der Waals surface area contributed by atoms with Crippen molar-refractivity contribution in [3.63, 3.8) is 0 Å². The van der Waals surface area contributed by atoms with Crippen LogP contribution >= 0.6 is 27.5 Å². The van der Waals surface area contributed by atoms with Crippen molar-refractivity contribution < 1.29 is 0 Å². The molecule has 0 N–H and O–H groups in total. The Hall–Kier alpha value is -0.0100. The lowest BCUT2D eigenvalue weighted by atomic mass is 10.1. The van der Waals surface area contributed by atoms with Gasteiger partial charge < -0.3 is 0 Å². The second-order valence-corrected chi connectivity index (χ2v) is 4.64. The number of halogens is 2. The summed E-state index contributed by atoms with van der Waals surface area (Å²) in [6, 6.07) is 6.48. The van der Waals surface area contributed by atoms with Gasteiger partial charge in [-0.15, -0.1) is 11.6 Å². The van der Waals surface area contributed by atoms with E-state index >= 15 is 0 Å². The van der Waals surface area contributed by atoms with E-state index in [4.69, 9.17) is 11.6 Å². The fourth-order valence-electron chi connectivity index (χ4n) is 1.43. The summed E-state index contributed by atoms with van der Waals surface area (Å²) in [5.74, 6) is 0.579. The van der Waals surface area contributed by atoms with Gasteiger partial charge in [-0.2, -0.15) is 0 Å². The Bertz CT molecular complexity index is 284. The molecule has 0 aliphatic rings. The van der Waals surface area contributed by atoms with Crippen molar-refractivity contribution in [1.29, 1.82) is 0 Å². The van der Waals surface area contributed by atoms with Crippen LogP contribution in [0, 0.1) is 0 Å². The summed E-state index contributed by atoms with van der Waals surface area (Å²) in [7, 11) is 0. The maximum atomic E-state index is 5.78. The Kier molecular flexibility index (Phi) is 5.57. The molecule has 0 heterocycles. The summed E-state index contributed by atoms with van der Waals surface area (Å²) < 4.78 is 1.14. The maximum absolute atomic E-state index is 5.78. The molecule has 0 saturated heterocycles. The van der Waals surface area contributed by atoms with Crippen LogP contribution in [0.15, 0.2) is 22.7 Å². The summed E-state index contributed by atoms with van der Waals surface area (Å²) in [5, 5.41) is 0. The third kappa shape index (κ3) is 3.62. The first-order valence-corrected chi connectivity index (χ1v) is 6.44. The normalized spacial score (nSPS) is 10.5. The van der Waals surface area contributed by atoms with Crippen LogP contribution < -0.4 is 0 Å². The SMILES string of the molecule is CCCCCc1ccc(CCl)c(Br)c1. The Balaban J connectivity index is 2.57. The zero-order valence-electron chi connectivity index (χ0n) is 8.52. The predicted octanol–water partition coefficient (Wildman–Crippen LogP) is 4.92. The van der Waals surface area contributed by atoms with Crippen LogP contribution in [0.4, 0.5) is 0 Å². The first-order chi connectivity index (χ1) is 6.77. The second-order valence-electron chi connectivity index (χ2n) is 3.52. The molecule has 0 radical (unpaired) electrons. The van der Waals surface area contributed by atoms with Crippen molar-refractivity contribution in [1.82, 2.24) is 0 Å². The van der Waals surface area contributed by atoms with E-state index in [-0.39, 0.29) is 0 Å². The monoisotopic (exact) mass is 274 g/mol. The van der Waals surface area contributed by atoms with E-state index in [1.807, 2.05) is 0 Å². The zero-order valence-corrected chi connectivity index (χ0v) is 10.9. The minimum Gasteiger partial charge on any atom is -0.122 e. The van der Waals surface area contributed by atoms with Gasteiger partial charge in [-0.25, -0.2) is 0 Å². The van der Waals surface area contributed by atoms with Gasteiger partial charge in [-0.1, -0.05) is 47.8 Å². The molecule has 2 heteroatoms. The summed E-state index contributed by atoms with van der Waals surface area (Å²) in [5.41, 5.74) is 2.57. The van der Waals surface area contributed by atoms with Gasteiger partial charge in [-0.05, 0) is 30.0 Å². The van der Waals surface area contributed by atoms with Crippen molar-refractivity contribution in [2.45, 2.75) is 38.5 Å². The summed E-state index contributed by atoms with van der Waals surface area (Å²) in [6.07, 6.45) is 5.05. The number of aryl methyl sites for hydroxylation is 1. The third-order valence-electron chi connectivity index (χ3n) is 2.33. The van der Waals surface area contributed by atoms with Gasteiger partial charge in [0.15, 0.2) is 0 Å². The molecule has 14 heavy (non-hydrogen) atoms. The van der Waals surface area contributed by atoms with Crippen LogP contribution in [-0.2, 0) is 12.3 Å². The number of rotatable bonds is 5. The fourth-order valence-corrected chi connectivity index (χ4v) is 2.39. The molecule has 0 nitrogen and oxygen atoms in total. The van der Waals surface area contributed by atoms with Crippen molar-refractivity contribution in [2.24, 2.45) is 0 Å². The maximum Gasteiger partial charge on any atom is 0.0485 e. The van der Waals surface area contributed by atoms with Crippen LogP contribution in [-0.4, -0.2) is 0 Å². The molecule has 1 aromatic rings. The number of alkyl halides is 1. The molecule has 0 unspecified atom stereocenters. The minimum absolute atomic E-state index is 0.579. The molecule has 0 aromatic heterocycles. The lowest BCUT2D eigenvalue weighted by Crippen LogP contribution is -1.88. The Morgan fingerprint density at radius 1 is 1.29 bits per heavy atom. The highest BCUT2D eigenvalue weighted by molar-refractivity contribution is 9.10. The number of hydrogen-bond donors (Lipinski definition) is 0. The molecule has 1 aromatic carbocycles. The Labute approximate surface area is 99.8 Å². The van der Waals surface area contributed by atoms with E-state index in [2.05, 4.69) is 41.1 Å². The zero-order chi connectivity index (χ0) is 10.4. The molecule has 0 aliphatic carbocycles. The molecule has 0 spiro atoms. The molecular formula is C12H16BrCl. The number of benzene rings is 1. The van der Waals surface area contributed by atoms with Crippen molar-refractivity contribution in [3.8, 4) is 0 Å². The average molecular weight is 276 g/mol. The van der Waals surface area contributed by atoms with Crippen molar-refractivity contribution in [3.05, 3.63) is 33.8 Å². The van der Waals surface area contributed by atoms with E-state index in [0.717, 1.165) is 4.47 Å². The molecule has 0 bridgehead atoms. The number of unbranched alkanes of at least 4 members (excludes halogenated alkanes) is 2. The summed E-state index contributed by atoms with van der Waals surface area (Å²) in [6.45, 7) is 2.23. The van der Waals surface area contributed by atoms with Gasteiger partial charge in [0.05, 0.1) is 0 Å². The lowest BCUT2D eigenvalue weighted by Gasteiger charge is -2.04. The van der Waals surface area contributed by atoms with E-state index in [1.165, 1.54) is 36.8 Å². The molecule has 0 aliphatic heterocycles. The van der Waals surface area contributed by atoms with Gasteiger partial charge in [0, 0.05) is 10.4 Å². The van der Waals surface area contributed by atoms with Crippen LogP contribution in [0.1, 0.15) is 37.3 Å². The van der Waals surface area contributed by atoms with E-state index in [1.54, 1.807) is 0 Å². The van der Waals surface area contributed by atoms with E-state index in [0.29, 0.717) is 5.88 Å². The smallest absolute Gasteiger partial charge is 0.0485 e. The van der Waals surface area contributed by atoms with Gasteiger partial charge in [-0.3, -0.25) is 0 Å². The summed E-state index contributed by atoms with van der Waals surface area (Å²) in [4.78, 5) is 0. The van der Waals surface area contributed by atoms with Gasteiger partial charge in [0.2, 0.25) is 0 Å². The second kappa shape index (κ2) is 6.47. The van der Waals surface area contributed by atoms with Gasteiger partial charge in [0.25, 0.3) is 0 Å². The largest absolute Gasteiger partial charge is 0.122 e. The molecular weight excluding hydrogens is 259 g/mol.